The summed E-state index contributed by atoms with van der Waals surface area (Å²) >= 11 is 11.7. The average Bonchev–Trinajstić information content (AvgIpc) is 2.40. The highest BCUT2D eigenvalue weighted by atomic mass is 35.5. The van der Waals surface area contributed by atoms with Gasteiger partial charge < -0.3 is 5.32 Å². The Morgan fingerprint density at radius 3 is 2.44 bits per heavy atom. The van der Waals surface area contributed by atoms with Crippen LogP contribution in [0.4, 0.5) is 8.78 Å². The molecule has 1 aliphatic heterocycles. The maximum Gasteiger partial charge on any atom is 0.148 e. The minimum atomic E-state index is -0.684. The Hall–Kier alpha value is -0.420. The van der Waals surface area contributed by atoms with Crippen LogP contribution < -0.4 is 5.32 Å². The third-order valence-corrected chi connectivity index (χ3v) is 3.77. The molecule has 2 rings (SSSR count). The summed E-state index contributed by atoms with van der Waals surface area (Å²) in [4.78, 5) is 1.89. The van der Waals surface area contributed by atoms with Crippen LogP contribution in [0.5, 0.6) is 0 Å². The van der Waals surface area contributed by atoms with Gasteiger partial charge in [0.1, 0.15) is 12.5 Å². The number of benzene rings is 1. The predicted octanol–water partition coefficient (Wildman–Crippen LogP) is 3.05. The van der Waals surface area contributed by atoms with Gasteiger partial charge in [-0.1, -0.05) is 23.2 Å². The molecular formula is C12H14Cl2F2N2. The molecule has 0 aliphatic carbocycles. The number of piperazine rings is 1. The first-order chi connectivity index (χ1) is 8.65. The first-order valence-electron chi connectivity index (χ1n) is 5.79. The molecular weight excluding hydrogens is 281 g/mol. The Morgan fingerprint density at radius 2 is 1.83 bits per heavy atom. The Labute approximate surface area is 115 Å². The number of hydrogen-bond donors (Lipinski definition) is 1. The molecule has 1 fully saturated rings. The van der Waals surface area contributed by atoms with Crippen molar-refractivity contribution in [3.63, 3.8) is 0 Å². The van der Waals surface area contributed by atoms with E-state index in [2.05, 4.69) is 5.32 Å². The highest BCUT2D eigenvalue weighted by Gasteiger charge is 2.27. The van der Waals surface area contributed by atoms with Crippen LogP contribution >= 0.6 is 23.2 Å². The zero-order valence-corrected chi connectivity index (χ0v) is 11.2. The molecule has 100 valence electrons. The van der Waals surface area contributed by atoms with Crippen molar-refractivity contribution in [3.05, 3.63) is 33.6 Å². The van der Waals surface area contributed by atoms with E-state index in [4.69, 9.17) is 23.2 Å². The highest BCUT2D eigenvalue weighted by molar-refractivity contribution is 6.33. The van der Waals surface area contributed by atoms with Gasteiger partial charge in [-0.2, -0.15) is 0 Å². The molecule has 0 amide bonds. The van der Waals surface area contributed by atoms with Crippen LogP contribution in [0.2, 0.25) is 10.0 Å². The summed E-state index contributed by atoms with van der Waals surface area (Å²) < 4.78 is 27.3. The van der Waals surface area contributed by atoms with Crippen molar-refractivity contribution in [2.75, 3.05) is 32.9 Å². The summed E-state index contributed by atoms with van der Waals surface area (Å²) in [6.07, 6.45) is 0. The molecule has 1 aliphatic rings. The van der Waals surface area contributed by atoms with Crippen LogP contribution in [-0.2, 0) is 0 Å². The van der Waals surface area contributed by atoms with E-state index in [9.17, 15) is 8.78 Å². The van der Waals surface area contributed by atoms with Crippen molar-refractivity contribution < 1.29 is 8.78 Å². The van der Waals surface area contributed by atoms with E-state index >= 15 is 0 Å². The van der Waals surface area contributed by atoms with Crippen LogP contribution in [0.1, 0.15) is 11.6 Å². The number of rotatable bonds is 3. The number of nitrogens with one attached hydrogen (secondary N) is 1. The molecule has 1 heterocycles. The molecule has 0 saturated carbocycles. The smallest absolute Gasteiger partial charge is 0.148 e. The van der Waals surface area contributed by atoms with Gasteiger partial charge in [0.2, 0.25) is 0 Å². The summed E-state index contributed by atoms with van der Waals surface area (Å²) in [5, 5.41) is 3.36. The number of alkyl halides is 1. The molecule has 1 N–H and O–H groups in total. The van der Waals surface area contributed by atoms with Crippen LogP contribution in [0.3, 0.4) is 0 Å². The van der Waals surface area contributed by atoms with Gasteiger partial charge in [-0.15, -0.1) is 0 Å². The van der Waals surface area contributed by atoms with Crippen LogP contribution in [0, 0.1) is 5.82 Å². The summed E-state index contributed by atoms with van der Waals surface area (Å²) in [5.74, 6) is -0.620. The summed E-state index contributed by atoms with van der Waals surface area (Å²) in [7, 11) is 0. The SMILES string of the molecule is FC[C@@H](c1c(Cl)ccc(Cl)c1F)N1CCNCC1. The van der Waals surface area contributed by atoms with Crippen molar-refractivity contribution in [1.29, 1.82) is 0 Å². The monoisotopic (exact) mass is 294 g/mol. The minimum Gasteiger partial charge on any atom is -0.314 e. The molecule has 1 atom stereocenters. The van der Waals surface area contributed by atoms with Crippen molar-refractivity contribution in [1.82, 2.24) is 10.2 Å². The number of halogens is 4. The molecule has 0 aromatic heterocycles. The Morgan fingerprint density at radius 1 is 1.22 bits per heavy atom. The van der Waals surface area contributed by atoms with Crippen LogP contribution in [0.15, 0.2) is 12.1 Å². The molecule has 0 unspecified atom stereocenters. The summed E-state index contributed by atoms with van der Waals surface area (Å²) in [6, 6.07) is 2.22. The Balaban J connectivity index is 2.34. The topological polar surface area (TPSA) is 15.3 Å². The largest absolute Gasteiger partial charge is 0.314 e. The fraction of sp³-hybridized carbons (Fsp3) is 0.500. The summed E-state index contributed by atoms with van der Waals surface area (Å²) in [5.41, 5.74) is 0.161. The van der Waals surface area contributed by atoms with Crippen LogP contribution in [0.25, 0.3) is 0 Å². The van der Waals surface area contributed by atoms with Crippen molar-refractivity contribution >= 4 is 23.2 Å². The number of hydrogen-bond acceptors (Lipinski definition) is 2. The van der Waals surface area contributed by atoms with Gasteiger partial charge >= 0.3 is 0 Å². The normalized spacial score (nSPS) is 18.9. The van der Waals surface area contributed by atoms with Crippen molar-refractivity contribution in [2.24, 2.45) is 0 Å². The first-order valence-corrected chi connectivity index (χ1v) is 6.55. The Bertz CT molecular complexity index is 423. The lowest BCUT2D eigenvalue weighted by atomic mass is 10.0. The molecule has 0 bridgehead atoms. The van der Waals surface area contributed by atoms with E-state index in [0.29, 0.717) is 13.1 Å². The van der Waals surface area contributed by atoms with E-state index in [1.165, 1.54) is 12.1 Å². The number of nitrogens with zero attached hydrogens (tertiary/aromatic N) is 1. The lowest BCUT2D eigenvalue weighted by molar-refractivity contribution is 0.144. The molecule has 18 heavy (non-hydrogen) atoms. The fourth-order valence-corrected chi connectivity index (χ4v) is 2.64. The van der Waals surface area contributed by atoms with Gasteiger partial charge in [-0.3, -0.25) is 4.90 Å². The van der Waals surface area contributed by atoms with Gasteiger partial charge in [-0.05, 0) is 12.1 Å². The fourth-order valence-electron chi connectivity index (χ4n) is 2.20. The second-order valence-corrected chi connectivity index (χ2v) is 5.03. The van der Waals surface area contributed by atoms with Crippen LogP contribution in [-0.4, -0.2) is 37.8 Å². The predicted molar refractivity (Wildman–Crippen MR) is 69.6 cm³/mol. The van der Waals surface area contributed by atoms with Gasteiger partial charge in [0.15, 0.2) is 0 Å². The van der Waals surface area contributed by atoms with Gasteiger partial charge in [0.25, 0.3) is 0 Å². The lowest BCUT2D eigenvalue weighted by Crippen LogP contribution is -2.46. The molecule has 0 spiro atoms. The average molecular weight is 295 g/mol. The molecule has 1 aromatic rings. The molecule has 6 heteroatoms. The Kier molecular flexibility index (Phi) is 4.78. The van der Waals surface area contributed by atoms with Gasteiger partial charge in [-0.25, -0.2) is 8.78 Å². The summed E-state index contributed by atoms with van der Waals surface area (Å²) in [6.45, 7) is 2.16. The van der Waals surface area contributed by atoms with Crippen molar-refractivity contribution in [3.8, 4) is 0 Å². The van der Waals surface area contributed by atoms with E-state index in [1.807, 2.05) is 4.90 Å². The maximum absolute atomic E-state index is 14.0. The maximum atomic E-state index is 14.0. The van der Waals surface area contributed by atoms with Crippen molar-refractivity contribution in [2.45, 2.75) is 6.04 Å². The third kappa shape index (κ3) is 2.77. The lowest BCUT2D eigenvalue weighted by Gasteiger charge is -2.34. The van der Waals surface area contributed by atoms with E-state index in [0.717, 1.165) is 13.1 Å². The molecule has 0 radical (unpaired) electrons. The minimum absolute atomic E-state index is 0.0250. The standard InChI is InChI=1S/C12H14Cl2F2N2/c13-8-1-2-9(14)12(16)11(8)10(7-15)18-5-3-17-4-6-18/h1-2,10,17H,3-7H2/t10-/m0/s1. The van der Waals surface area contributed by atoms with E-state index in [-0.39, 0.29) is 15.6 Å². The molecule has 2 nitrogen and oxygen atoms in total. The third-order valence-electron chi connectivity index (χ3n) is 3.15. The van der Waals surface area contributed by atoms with Gasteiger partial charge in [0, 0.05) is 36.8 Å². The first kappa shape index (κ1) is 14.0. The van der Waals surface area contributed by atoms with Gasteiger partial charge in [0.05, 0.1) is 11.1 Å². The van der Waals surface area contributed by atoms with E-state index < -0.39 is 18.5 Å². The quantitative estimate of drug-likeness (QED) is 0.862. The second kappa shape index (κ2) is 6.15. The van der Waals surface area contributed by atoms with E-state index in [1.54, 1.807) is 0 Å². The molecule has 1 saturated heterocycles. The zero-order valence-electron chi connectivity index (χ0n) is 9.73. The second-order valence-electron chi connectivity index (χ2n) is 4.21. The highest BCUT2D eigenvalue weighted by Crippen LogP contribution is 2.34. The zero-order chi connectivity index (χ0) is 13.1. The molecule has 1 aromatic carbocycles.